The number of aryl methyl sites for hydroxylation is 1. The van der Waals surface area contributed by atoms with Gasteiger partial charge in [-0.3, -0.25) is 4.79 Å². The molecule has 0 radical (unpaired) electrons. The summed E-state index contributed by atoms with van der Waals surface area (Å²) in [5.74, 6) is 1.35. The van der Waals surface area contributed by atoms with Crippen LogP contribution in [0.2, 0.25) is 0 Å². The van der Waals surface area contributed by atoms with E-state index in [2.05, 4.69) is 27.5 Å². The Bertz CT molecular complexity index is 421. The summed E-state index contributed by atoms with van der Waals surface area (Å²) >= 11 is 0. The number of likely N-dealkylation sites (N-methyl/N-ethyl adjacent to an activating group) is 2. The van der Waals surface area contributed by atoms with Crippen LogP contribution in [0.15, 0.2) is 6.07 Å². The van der Waals surface area contributed by atoms with E-state index < -0.39 is 0 Å². The highest BCUT2D eigenvalue weighted by Crippen LogP contribution is 2.13. The maximum absolute atomic E-state index is 11.6. The minimum absolute atomic E-state index is 0.00988. The van der Waals surface area contributed by atoms with Gasteiger partial charge in [-0.05, 0) is 20.3 Å². The number of nitrogens with zero attached hydrogens (tertiary/aromatic N) is 3. The van der Waals surface area contributed by atoms with Crippen LogP contribution >= 0.6 is 0 Å². The summed E-state index contributed by atoms with van der Waals surface area (Å²) in [6.45, 7) is 7.67. The highest BCUT2D eigenvalue weighted by atomic mass is 16.2. The van der Waals surface area contributed by atoms with Gasteiger partial charge in [0, 0.05) is 31.9 Å². The van der Waals surface area contributed by atoms with E-state index in [4.69, 9.17) is 0 Å². The first-order valence-electron chi connectivity index (χ1n) is 6.64. The summed E-state index contributed by atoms with van der Waals surface area (Å²) < 4.78 is 0. The Labute approximate surface area is 114 Å². The van der Waals surface area contributed by atoms with Crippen molar-refractivity contribution >= 4 is 17.7 Å². The van der Waals surface area contributed by atoms with E-state index in [-0.39, 0.29) is 12.5 Å². The molecule has 0 aliphatic rings. The van der Waals surface area contributed by atoms with Crippen LogP contribution in [0.1, 0.15) is 26.0 Å². The van der Waals surface area contributed by atoms with Crippen molar-refractivity contribution < 1.29 is 4.79 Å². The minimum Gasteiger partial charge on any atom is -0.355 e. The number of carbonyl (C=O) groups is 1. The van der Waals surface area contributed by atoms with Crippen molar-refractivity contribution in [1.82, 2.24) is 15.3 Å². The molecule has 0 spiro atoms. The van der Waals surface area contributed by atoms with Crippen LogP contribution < -0.4 is 15.5 Å². The van der Waals surface area contributed by atoms with Crippen LogP contribution in [0.4, 0.5) is 11.8 Å². The van der Waals surface area contributed by atoms with Gasteiger partial charge in [0.2, 0.25) is 11.9 Å². The van der Waals surface area contributed by atoms with Gasteiger partial charge in [0.05, 0.1) is 6.54 Å². The number of nitrogens with one attached hydrogen (secondary N) is 2. The first-order valence-corrected chi connectivity index (χ1v) is 6.64. The molecular formula is C13H23N5O. The van der Waals surface area contributed by atoms with E-state index in [1.54, 1.807) is 0 Å². The normalized spacial score (nSPS) is 10.1. The van der Waals surface area contributed by atoms with Crippen LogP contribution in [0.3, 0.4) is 0 Å². The minimum atomic E-state index is -0.00988. The molecule has 0 fully saturated rings. The van der Waals surface area contributed by atoms with E-state index in [9.17, 15) is 4.79 Å². The molecule has 0 saturated carbocycles. The lowest BCUT2D eigenvalue weighted by Gasteiger charge is -2.18. The van der Waals surface area contributed by atoms with Crippen molar-refractivity contribution in [3.8, 4) is 0 Å². The van der Waals surface area contributed by atoms with E-state index in [0.717, 1.165) is 24.5 Å². The highest BCUT2D eigenvalue weighted by molar-refractivity contribution is 5.80. The second-order valence-corrected chi connectivity index (χ2v) is 4.43. The molecule has 1 rings (SSSR count). The van der Waals surface area contributed by atoms with Gasteiger partial charge in [-0.2, -0.15) is 4.98 Å². The highest BCUT2D eigenvalue weighted by Gasteiger charge is 2.10. The van der Waals surface area contributed by atoms with Gasteiger partial charge >= 0.3 is 0 Å². The van der Waals surface area contributed by atoms with Crippen LogP contribution in [-0.2, 0) is 4.79 Å². The zero-order chi connectivity index (χ0) is 14.3. The van der Waals surface area contributed by atoms with E-state index >= 15 is 0 Å². The number of anilines is 2. The molecule has 0 unspecified atom stereocenters. The lowest BCUT2D eigenvalue weighted by atomic mass is 10.4. The van der Waals surface area contributed by atoms with Crippen molar-refractivity contribution in [3.05, 3.63) is 11.8 Å². The van der Waals surface area contributed by atoms with E-state index in [1.807, 2.05) is 31.9 Å². The topological polar surface area (TPSA) is 70.2 Å². The van der Waals surface area contributed by atoms with Gasteiger partial charge in [0.1, 0.15) is 5.82 Å². The van der Waals surface area contributed by atoms with Gasteiger partial charge < -0.3 is 15.5 Å². The zero-order valence-electron chi connectivity index (χ0n) is 12.2. The molecule has 1 aromatic rings. The molecule has 1 amide bonds. The van der Waals surface area contributed by atoms with Crippen molar-refractivity contribution in [2.24, 2.45) is 0 Å². The summed E-state index contributed by atoms with van der Waals surface area (Å²) in [5, 5.41) is 5.93. The standard InChI is InChI=1S/C13H23N5O/c1-5-7-15-13-16-10(3)8-11(17-13)18(4)9-12(19)14-6-2/h8H,5-7,9H2,1-4H3,(H,14,19)(H,15,16,17). The summed E-state index contributed by atoms with van der Waals surface area (Å²) in [4.78, 5) is 22.1. The molecule has 0 aromatic carbocycles. The molecule has 1 heterocycles. The molecule has 106 valence electrons. The van der Waals surface area contributed by atoms with Crippen LogP contribution in [0, 0.1) is 6.92 Å². The second kappa shape index (κ2) is 7.56. The largest absolute Gasteiger partial charge is 0.355 e. The Morgan fingerprint density at radius 3 is 2.74 bits per heavy atom. The molecule has 0 atom stereocenters. The number of amides is 1. The SMILES string of the molecule is CCCNc1nc(C)cc(N(C)CC(=O)NCC)n1. The van der Waals surface area contributed by atoms with E-state index in [0.29, 0.717) is 12.5 Å². The molecular weight excluding hydrogens is 242 g/mol. The van der Waals surface area contributed by atoms with Gasteiger partial charge in [0.25, 0.3) is 0 Å². The third-order valence-corrected chi connectivity index (χ3v) is 2.52. The fraction of sp³-hybridized carbons (Fsp3) is 0.615. The van der Waals surface area contributed by atoms with Crippen molar-refractivity contribution in [1.29, 1.82) is 0 Å². The summed E-state index contributed by atoms with van der Waals surface area (Å²) in [7, 11) is 1.85. The molecule has 0 bridgehead atoms. The predicted molar refractivity (Wildman–Crippen MR) is 77.5 cm³/mol. The number of hydrogen-bond donors (Lipinski definition) is 2. The number of hydrogen-bond acceptors (Lipinski definition) is 5. The molecule has 0 saturated heterocycles. The van der Waals surface area contributed by atoms with Crippen molar-refractivity contribution in [3.63, 3.8) is 0 Å². The van der Waals surface area contributed by atoms with Crippen molar-refractivity contribution in [2.75, 3.05) is 36.9 Å². The summed E-state index contributed by atoms with van der Waals surface area (Å²) in [5.41, 5.74) is 0.881. The van der Waals surface area contributed by atoms with Crippen LogP contribution in [0.25, 0.3) is 0 Å². The fourth-order valence-electron chi connectivity index (χ4n) is 1.61. The smallest absolute Gasteiger partial charge is 0.239 e. The van der Waals surface area contributed by atoms with Crippen molar-refractivity contribution in [2.45, 2.75) is 27.2 Å². The van der Waals surface area contributed by atoms with Gasteiger partial charge in [-0.1, -0.05) is 6.92 Å². The lowest BCUT2D eigenvalue weighted by Crippen LogP contribution is -2.35. The van der Waals surface area contributed by atoms with Crippen LogP contribution in [-0.4, -0.2) is 42.6 Å². The van der Waals surface area contributed by atoms with Crippen LogP contribution in [0.5, 0.6) is 0 Å². The predicted octanol–water partition coefficient (Wildman–Crippen LogP) is 1.18. The Balaban J connectivity index is 2.75. The third kappa shape index (κ3) is 5.11. The second-order valence-electron chi connectivity index (χ2n) is 4.43. The Kier molecular flexibility index (Phi) is 6.05. The summed E-state index contributed by atoms with van der Waals surface area (Å²) in [6, 6.07) is 1.87. The Morgan fingerprint density at radius 2 is 2.11 bits per heavy atom. The molecule has 6 nitrogen and oxygen atoms in total. The van der Waals surface area contributed by atoms with Gasteiger partial charge in [-0.15, -0.1) is 0 Å². The molecule has 6 heteroatoms. The molecule has 1 aromatic heterocycles. The quantitative estimate of drug-likeness (QED) is 0.774. The fourth-order valence-corrected chi connectivity index (χ4v) is 1.61. The zero-order valence-corrected chi connectivity index (χ0v) is 12.2. The van der Waals surface area contributed by atoms with E-state index in [1.165, 1.54) is 0 Å². The molecule has 19 heavy (non-hydrogen) atoms. The van der Waals surface area contributed by atoms with Gasteiger partial charge in [0.15, 0.2) is 0 Å². The lowest BCUT2D eigenvalue weighted by molar-refractivity contribution is -0.119. The summed E-state index contributed by atoms with van der Waals surface area (Å²) in [6.07, 6.45) is 1.02. The Hall–Kier alpha value is -1.85. The first kappa shape index (κ1) is 15.2. The number of carbonyl (C=O) groups excluding carboxylic acids is 1. The van der Waals surface area contributed by atoms with Gasteiger partial charge in [-0.25, -0.2) is 4.98 Å². The monoisotopic (exact) mass is 265 g/mol. The number of aromatic nitrogens is 2. The Morgan fingerprint density at radius 1 is 1.37 bits per heavy atom. The third-order valence-electron chi connectivity index (χ3n) is 2.52. The molecule has 0 aliphatic carbocycles. The molecule has 0 aliphatic heterocycles. The number of rotatable bonds is 7. The maximum Gasteiger partial charge on any atom is 0.239 e. The molecule has 2 N–H and O–H groups in total. The first-order chi connectivity index (χ1) is 9.06. The average molecular weight is 265 g/mol. The maximum atomic E-state index is 11.6. The average Bonchev–Trinajstić information content (AvgIpc) is 2.36.